The number of thiophene rings is 1. The molecule has 2 nitrogen and oxygen atoms in total. The van der Waals surface area contributed by atoms with E-state index in [2.05, 4.69) is 22.5 Å². The summed E-state index contributed by atoms with van der Waals surface area (Å²) in [6.45, 7) is 0.548. The lowest BCUT2D eigenvalue weighted by Crippen LogP contribution is -1.95. The van der Waals surface area contributed by atoms with Crippen LogP contribution in [0.5, 0.6) is 0 Å². The van der Waals surface area contributed by atoms with Gasteiger partial charge in [-0.2, -0.15) is 0 Å². The van der Waals surface area contributed by atoms with Gasteiger partial charge in [0.2, 0.25) is 0 Å². The van der Waals surface area contributed by atoms with Crippen molar-refractivity contribution in [1.82, 2.24) is 4.98 Å². The van der Waals surface area contributed by atoms with Crippen molar-refractivity contribution >= 4 is 34.3 Å². The molecule has 0 bridgehead atoms. The Morgan fingerprint density at radius 3 is 2.84 bits per heavy atom. The highest BCUT2D eigenvalue weighted by molar-refractivity contribution is 7.20. The molecule has 3 aromatic rings. The molecule has 0 aliphatic rings. The van der Waals surface area contributed by atoms with Gasteiger partial charge in [-0.25, -0.2) is 4.98 Å². The number of nitrogens with two attached hydrogens (primary N) is 1. The Kier molecular flexibility index (Phi) is 3.66. The Morgan fingerprint density at radius 1 is 1.21 bits per heavy atom. The Morgan fingerprint density at radius 2 is 2.11 bits per heavy atom. The first-order valence-electron chi connectivity index (χ1n) is 5.77. The molecule has 0 fully saturated rings. The maximum absolute atomic E-state index is 5.95. The first kappa shape index (κ1) is 12.8. The lowest BCUT2D eigenvalue weighted by molar-refractivity contribution is 1.07. The molecule has 0 aliphatic carbocycles. The second-order valence-electron chi connectivity index (χ2n) is 4.05. The average molecular weight is 307 g/mol. The molecule has 0 unspecified atom stereocenters. The van der Waals surface area contributed by atoms with E-state index >= 15 is 0 Å². The lowest BCUT2D eigenvalue weighted by Gasteiger charge is -1.99. The SMILES string of the molecule is NCc1cccc(-c2nc(-c3ccc(Cl)s3)cs2)c1. The zero-order valence-corrected chi connectivity index (χ0v) is 12.4. The van der Waals surface area contributed by atoms with Crippen LogP contribution >= 0.6 is 34.3 Å². The van der Waals surface area contributed by atoms with Crippen LogP contribution in [0.15, 0.2) is 41.8 Å². The fourth-order valence-electron chi connectivity index (χ4n) is 1.80. The minimum Gasteiger partial charge on any atom is -0.326 e. The summed E-state index contributed by atoms with van der Waals surface area (Å²) in [6.07, 6.45) is 0. The molecule has 0 spiro atoms. The van der Waals surface area contributed by atoms with Gasteiger partial charge in [0.1, 0.15) is 5.01 Å². The van der Waals surface area contributed by atoms with E-state index in [9.17, 15) is 0 Å². The van der Waals surface area contributed by atoms with Crippen molar-refractivity contribution in [3.63, 3.8) is 0 Å². The number of aromatic nitrogens is 1. The normalized spacial score (nSPS) is 10.8. The van der Waals surface area contributed by atoms with Crippen LogP contribution in [0, 0.1) is 0 Å². The van der Waals surface area contributed by atoms with Crippen LogP contribution in [-0.2, 0) is 6.54 Å². The molecule has 2 heterocycles. The Bertz CT molecular complexity index is 703. The van der Waals surface area contributed by atoms with Crippen LogP contribution in [-0.4, -0.2) is 4.98 Å². The second-order valence-corrected chi connectivity index (χ2v) is 6.62. The summed E-state index contributed by atoms with van der Waals surface area (Å²) in [4.78, 5) is 5.77. The van der Waals surface area contributed by atoms with Gasteiger partial charge in [0.05, 0.1) is 14.9 Å². The van der Waals surface area contributed by atoms with E-state index < -0.39 is 0 Å². The standard InChI is InChI=1S/C14H11ClN2S2/c15-13-5-4-12(19-13)11-8-18-14(17-11)10-3-1-2-9(6-10)7-16/h1-6,8H,7,16H2. The molecule has 0 amide bonds. The molecule has 96 valence electrons. The Balaban J connectivity index is 1.96. The average Bonchev–Trinajstić information content (AvgIpc) is 3.07. The maximum Gasteiger partial charge on any atom is 0.124 e. The summed E-state index contributed by atoms with van der Waals surface area (Å²) < 4.78 is 0.787. The summed E-state index contributed by atoms with van der Waals surface area (Å²) in [6, 6.07) is 12.1. The van der Waals surface area contributed by atoms with Gasteiger partial charge in [-0.05, 0) is 23.8 Å². The topological polar surface area (TPSA) is 38.9 Å². The fraction of sp³-hybridized carbons (Fsp3) is 0.0714. The highest BCUT2D eigenvalue weighted by Crippen LogP contribution is 2.34. The van der Waals surface area contributed by atoms with E-state index in [1.165, 1.54) is 0 Å². The molecule has 1 aromatic carbocycles. The first-order valence-corrected chi connectivity index (χ1v) is 7.84. The number of nitrogens with zero attached hydrogens (tertiary/aromatic N) is 1. The summed E-state index contributed by atoms with van der Waals surface area (Å²) >= 11 is 9.14. The van der Waals surface area contributed by atoms with Crippen LogP contribution in [0.2, 0.25) is 4.34 Å². The smallest absolute Gasteiger partial charge is 0.124 e. The van der Waals surface area contributed by atoms with Crippen molar-refractivity contribution < 1.29 is 0 Å². The summed E-state index contributed by atoms with van der Waals surface area (Å²) in [7, 11) is 0. The van der Waals surface area contributed by atoms with Crippen molar-refractivity contribution in [3.8, 4) is 21.1 Å². The van der Waals surface area contributed by atoms with Crippen LogP contribution in [0.4, 0.5) is 0 Å². The van der Waals surface area contributed by atoms with Crippen molar-refractivity contribution in [2.45, 2.75) is 6.54 Å². The fourth-order valence-corrected chi connectivity index (χ4v) is 3.70. The van der Waals surface area contributed by atoms with E-state index in [0.29, 0.717) is 6.54 Å². The molecule has 0 radical (unpaired) electrons. The second kappa shape index (κ2) is 5.43. The molecular formula is C14H11ClN2S2. The molecule has 2 N–H and O–H groups in total. The molecule has 0 saturated carbocycles. The highest BCUT2D eigenvalue weighted by atomic mass is 35.5. The Hall–Kier alpha value is -1.20. The maximum atomic E-state index is 5.95. The van der Waals surface area contributed by atoms with Gasteiger partial charge in [-0.1, -0.05) is 29.8 Å². The summed E-state index contributed by atoms with van der Waals surface area (Å²) in [5.74, 6) is 0. The van der Waals surface area contributed by atoms with Gasteiger partial charge in [-0.3, -0.25) is 0 Å². The number of rotatable bonds is 3. The van der Waals surface area contributed by atoms with Crippen LogP contribution in [0.25, 0.3) is 21.1 Å². The van der Waals surface area contributed by atoms with Gasteiger partial charge in [0, 0.05) is 17.5 Å². The van der Waals surface area contributed by atoms with E-state index in [4.69, 9.17) is 17.3 Å². The van der Waals surface area contributed by atoms with Gasteiger partial charge >= 0.3 is 0 Å². The molecule has 3 rings (SSSR count). The zero-order valence-electron chi connectivity index (χ0n) is 9.97. The van der Waals surface area contributed by atoms with Gasteiger partial charge in [0.25, 0.3) is 0 Å². The predicted molar refractivity (Wildman–Crippen MR) is 83.8 cm³/mol. The molecule has 19 heavy (non-hydrogen) atoms. The third kappa shape index (κ3) is 2.72. The molecule has 0 saturated heterocycles. The van der Waals surface area contributed by atoms with Gasteiger partial charge in [-0.15, -0.1) is 22.7 Å². The monoisotopic (exact) mass is 306 g/mol. The van der Waals surface area contributed by atoms with E-state index in [0.717, 1.165) is 31.0 Å². The predicted octanol–water partition coefficient (Wildman–Crippen LogP) is 4.65. The first-order chi connectivity index (χ1) is 9.26. The summed E-state index contributed by atoms with van der Waals surface area (Å²) in [5, 5.41) is 3.07. The van der Waals surface area contributed by atoms with Crippen molar-refractivity contribution in [2.24, 2.45) is 5.73 Å². The van der Waals surface area contributed by atoms with Gasteiger partial charge in [0.15, 0.2) is 0 Å². The molecular weight excluding hydrogens is 296 g/mol. The zero-order chi connectivity index (χ0) is 13.2. The largest absolute Gasteiger partial charge is 0.326 e. The van der Waals surface area contributed by atoms with Gasteiger partial charge < -0.3 is 5.73 Å². The Labute approximate surface area is 124 Å². The number of hydrogen-bond acceptors (Lipinski definition) is 4. The van der Waals surface area contributed by atoms with E-state index in [1.807, 2.05) is 24.3 Å². The summed E-state index contributed by atoms with van der Waals surface area (Å²) in [5.41, 5.74) is 8.88. The molecule has 0 aliphatic heterocycles. The van der Waals surface area contributed by atoms with Crippen molar-refractivity contribution in [2.75, 3.05) is 0 Å². The minimum absolute atomic E-state index is 0.548. The number of hydrogen-bond donors (Lipinski definition) is 1. The lowest BCUT2D eigenvalue weighted by atomic mass is 10.1. The van der Waals surface area contributed by atoms with E-state index in [-0.39, 0.29) is 0 Å². The number of thiazole rings is 1. The molecule has 2 aromatic heterocycles. The van der Waals surface area contributed by atoms with E-state index in [1.54, 1.807) is 22.7 Å². The number of halogens is 1. The molecule has 5 heteroatoms. The molecule has 0 atom stereocenters. The quantitative estimate of drug-likeness (QED) is 0.765. The van der Waals surface area contributed by atoms with Crippen LogP contribution in [0.1, 0.15) is 5.56 Å². The van der Waals surface area contributed by atoms with Crippen molar-refractivity contribution in [3.05, 3.63) is 51.7 Å². The van der Waals surface area contributed by atoms with Crippen LogP contribution < -0.4 is 5.73 Å². The van der Waals surface area contributed by atoms with Crippen molar-refractivity contribution in [1.29, 1.82) is 0 Å². The third-order valence-electron chi connectivity index (χ3n) is 2.74. The van der Waals surface area contributed by atoms with Crippen LogP contribution in [0.3, 0.4) is 0 Å². The highest BCUT2D eigenvalue weighted by Gasteiger charge is 2.08. The minimum atomic E-state index is 0.548. The number of benzene rings is 1. The third-order valence-corrected chi connectivity index (χ3v) is 4.88.